The largest absolute Gasteiger partial charge is 0.337 e. The molecule has 0 aliphatic rings. The van der Waals surface area contributed by atoms with Gasteiger partial charge in [0.1, 0.15) is 5.69 Å². The summed E-state index contributed by atoms with van der Waals surface area (Å²) < 4.78 is 4.00. The van der Waals surface area contributed by atoms with Crippen LogP contribution in [0, 0.1) is 0 Å². The summed E-state index contributed by atoms with van der Waals surface area (Å²) in [4.78, 5) is 4.40. The molecule has 0 fully saturated rings. The lowest BCUT2D eigenvalue weighted by Crippen LogP contribution is -1.99. The zero-order chi connectivity index (χ0) is 18.2. The molecule has 0 N–H and O–H groups in total. The molecule has 3 rings (SSSR count). The first-order valence-electron chi connectivity index (χ1n) is 9.06. The van der Waals surface area contributed by atoms with Crippen LogP contribution in [-0.2, 0) is 13.1 Å². The number of rotatable bonds is 8. The van der Waals surface area contributed by atoms with Crippen molar-refractivity contribution < 1.29 is 0 Å². The van der Waals surface area contributed by atoms with E-state index in [9.17, 15) is 0 Å². The maximum atomic E-state index is 4.40. The molecule has 5 nitrogen and oxygen atoms in total. The summed E-state index contributed by atoms with van der Waals surface area (Å²) >= 11 is 0. The second kappa shape index (κ2) is 8.94. The van der Waals surface area contributed by atoms with E-state index in [1.165, 1.54) is 18.4 Å². The van der Waals surface area contributed by atoms with E-state index in [1.807, 2.05) is 60.6 Å². The van der Waals surface area contributed by atoms with E-state index in [4.69, 9.17) is 0 Å². The van der Waals surface area contributed by atoms with Crippen LogP contribution in [0.25, 0.3) is 11.6 Å². The molecule has 0 atom stereocenters. The van der Waals surface area contributed by atoms with Gasteiger partial charge in [0.2, 0.25) is 0 Å². The smallest absolute Gasteiger partial charge is 0.108 e. The van der Waals surface area contributed by atoms with Gasteiger partial charge >= 0.3 is 0 Å². The Balaban J connectivity index is 1.60. The van der Waals surface area contributed by atoms with Gasteiger partial charge in [-0.15, -0.1) is 5.10 Å². The third-order valence-electron chi connectivity index (χ3n) is 4.17. The van der Waals surface area contributed by atoms with E-state index in [0.29, 0.717) is 0 Å². The molecular weight excluding hydrogens is 322 g/mol. The summed E-state index contributed by atoms with van der Waals surface area (Å²) in [6.45, 7) is 5.99. The number of unbranched alkanes of at least 4 members (excludes halogenated alkanes) is 1. The molecule has 0 aliphatic heterocycles. The molecule has 0 saturated heterocycles. The van der Waals surface area contributed by atoms with Gasteiger partial charge in [0.15, 0.2) is 0 Å². The zero-order valence-electron chi connectivity index (χ0n) is 15.4. The summed E-state index contributed by atoms with van der Waals surface area (Å²) in [5.41, 5.74) is 4.15. The predicted molar refractivity (Wildman–Crippen MR) is 105 cm³/mol. The number of aromatic nitrogens is 5. The van der Waals surface area contributed by atoms with E-state index in [-0.39, 0.29) is 0 Å². The van der Waals surface area contributed by atoms with Gasteiger partial charge in [-0.2, -0.15) is 0 Å². The SMILES string of the molecule is CCCCn1cnc(/C=C\C=C(/C)c2cn(Cc3ccccc3)nn2)c1. The summed E-state index contributed by atoms with van der Waals surface area (Å²) in [7, 11) is 0. The number of benzene rings is 1. The molecule has 3 aromatic rings. The first-order chi connectivity index (χ1) is 12.7. The van der Waals surface area contributed by atoms with Crippen molar-refractivity contribution in [3.63, 3.8) is 0 Å². The highest BCUT2D eigenvalue weighted by atomic mass is 15.4. The van der Waals surface area contributed by atoms with E-state index >= 15 is 0 Å². The normalized spacial score (nSPS) is 12.2. The fourth-order valence-electron chi connectivity index (χ4n) is 2.63. The van der Waals surface area contributed by atoms with E-state index in [2.05, 4.69) is 45.1 Å². The van der Waals surface area contributed by atoms with Gasteiger partial charge in [0.05, 0.1) is 24.8 Å². The number of hydrogen-bond acceptors (Lipinski definition) is 3. The van der Waals surface area contributed by atoms with Crippen molar-refractivity contribution in [3.05, 3.63) is 78.2 Å². The molecule has 5 heteroatoms. The highest BCUT2D eigenvalue weighted by Gasteiger charge is 2.03. The summed E-state index contributed by atoms with van der Waals surface area (Å²) in [5, 5.41) is 8.48. The minimum absolute atomic E-state index is 0.728. The first kappa shape index (κ1) is 17.9. The van der Waals surface area contributed by atoms with Crippen LogP contribution in [0.15, 0.2) is 61.2 Å². The number of hydrogen-bond donors (Lipinski definition) is 0. The second-order valence-corrected chi connectivity index (χ2v) is 6.39. The van der Waals surface area contributed by atoms with Crippen molar-refractivity contribution in [3.8, 4) is 0 Å². The predicted octanol–water partition coefficient (Wildman–Crippen LogP) is 4.44. The van der Waals surface area contributed by atoms with E-state index < -0.39 is 0 Å². The Labute approximate surface area is 154 Å². The minimum atomic E-state index is 0.728. The molecule has 0 aliphatic carbocycles. The summed E-state index contributed by atoms with van der Waals surface area (Å²) in [6.07, 6.45) is 14.4. The van der Waals surface area contributed by atoms with Gasteiger partial charge in [-0.05, 0) is 30.6 Å². The van der Waals surface area contributed by atoms with Crippen LogP contribution in [0.5, 0.6) is 0 Å². The van der Waals surface area contributed by atoms with Crippen LogP contribution < -0.4 is 0 Å². The Kier molecular flexibility index (Phi) is 6.14. The number of imidazole rings is 1. The Hall–Kier alpha value is -2.95. The van der Waals surface area contributed by atoms with Crippen molar-refractivity contribution in [1.29, 1.82) is 0 Å². The van der Waals surface area contributed by atoms with Gasteiger partial charge < -0.3 is 4.57 Å². The third-order valence-corrected chi connectivity index (χ3v) is 4.17. The highest BCUT2D eigenvalue weighted by molar-refractivity contribution is 5.63. The molecule has 0 saturated carbocycles. The number of allylic oxidation sites excluding steroid dienone is 3. The molecule has 0 amide bonds. The molecule has 0 radical (unpaired) electrons. The van der Waals surface area contributed by atoms with Crippen molar-refractivity contribution in [2.75, 3.05) is 0 Å². The third kappa shape index (κ3) is 5.02. The molecule has 26 heavy (non-hydrogen) atoms. The Bertz CT molecular complexity index is 871. The average Bonchev–Trinajstić information content (AvgIpc) is 3.30. The van der Waals surface area contributed by atoms with Crippen molar-refractivity contribution in [1.82, 2.24) is 24.5 Å². The second-order valence-electron chi connectivity index (χ2n) is 6.39. The van der Waals surface area contributed by atoms with Crippen LogP contribution in [-0.4, -0.2) is 24.5 Å². The lowest BCUT2D eigenvalue weighted by Gasteiger charge is -1.99. The maximum Gasteiger partial charge on any atom is 0.108 e. The van der Waals surface area contributed by atoms with Gasteiger partial charge in [0, 0.05) is 12.7 Å². The van der Waals surface area contributed by atoms with Gasteiger partial charge in [-0.25, -0.2) is 9.67 Å². The average molecular weight is 347 g/mol. The molecule has 2 heterocycles. The van der Waals surface area contributed by atoms with Crippen LogP contribution >= 0.6 is 0 Å². The quantitative estimate of drug-likeness (QED) is 0.566. The van der Waals surface area contributed by atoms with Crippen LogP contribution in [0.2, 0.25) is 0 Å². The van der Waals surface area contributed by atoms with Crippen LogP contribution in [0.4, 0.5) is 0 Å². The Morgan fingerprint density at radius 1 is 1.15 bits per heavy atom. The molecule has 1 aromatic carbocycles. The van der Waals surface area contributed by atoms with Gasteiger partial charge in [0.25, 0.3) is 0 Å². The maximum absolute atomic E-state index is 4.40. The first-order valence-corrected chi connectivity index (χ1v) is 9.06. The van der Waals surface area contributed by atoms with E-state index in [1.54, 1.807) is 0 Å². The zero-order valence-corrected chi connectivity index (χ0v) is 15.4. The van der Waals surface area contributed by atoms with Crippen LogP contribution in [0.1, 0.15) is 43.6 Å². The molecular formula is C21H25N5. The number of aryl methyl sites for hydroxylation is 1. The van der Waals surface area contributed by atoms with Crippen molar-refractivity contribution in [2.24, 2.45) is 0 Å². The summed E-state index contributed by atoms with van der Waals surface area (Å²) in [6, 6.07) is 10.3. The highest BCUT2D eigenvalue weighted by Crippen LogP contribution is 2.11. The van der Waals surface area contributed by atoms with E-state index in [0.717, 1.165) is 30.1 Å². The summed E-state index contributed by atoms with van der Waals surface area (Å²) in [5.74, 6) is 0. The molecule has 0 bridgehead atoms. The van der Waals surface area contributed by atoms with Crippen molar-refractivity contribution >= 4 is 11.6 Å². The topological polar surface area (TPSA) is 48.5 Å². The number of nitrogens with zero attached hydrogens (tertiary/aromatic N) is 5. The molecule has 134 valence electrons. The minimum Gasteiger partial charge on any atom is -0.337 e. The molecule has 2 aromatic heterocycles. The fourth-order valence-corrected chi connectivity index (χ4v) is 2.63. The fraction of sp³-hybridized carbons (Fsp3) is 0.286. The molecule has 0 unspecified atom stereocenters. The van der Waals surface area contributed by atoms with Crippen molar-refractivity contribution in [2.45, 2.75) is 39.8 Å². The lowest BCUT2D eigenvalue weighted by molar-refractivity contribution is 0.631. The monoisotopic (exact) mass is 347 g/mol. The Morgan fingerprint density at radius 3 is 2.81 bits per heavy atom. The standard InChI is InChI=1S/C21H25N5/c1-3-4-13-25-15-20(22-17-25)12-8-9-18(2)21-16-26(24-23-21)14-19-10-6-5-7-11-19/h5-12,15-17H,3-4,13-14H2,1-2H3/b12-8-,18-9+. The van der Waals surface area contributed by atoms with Gasteiger partial charge in [-0.3, -0.25) is 0 Å². The van der Waals surface area contributed by atoms with Crippen LogP contribution in [0.3, 0.4) is 0 Å². The van der Waals surface area contributed by atoms with Gasteiger partial charge in [-0.1, -0.05) is 61.0 Å². The Morgan fingerprint density at radius 2 is 2.00 bits per heavy atom. The molecule has 0 spiro atoms. The lowest BCUT2D eigenvalue weighted by atomic mass is 10.2.